The highest BCUT2D eigenvalue weighted by atomic mass is 19.4. The summed E-state index contributed by atoms with van der Waals surface area (Å²) in [6.07, 6.45) is -3.40. The van der Waals surface area contributed by atoms with Crippen molar-refractivity contribution < 1.29 is 22.8 Å². The second kappa shape index (κ2) is 8.90. The second-order valence-corrected chi connectivity index (χ2v) is 7.91. The Morgan fingerprint density at radius 2 is 1.67 bits per heavy atom. The molecule has 0 unspecified atom stereocenters. The number of alkyl halides is 3. The maximum atomic E-state index is 12.7. The van der Waals surface area contributed by atoms with Crippen LogP contribution in [-0.4, -0.2) is 29.8 Å². The first-order valence-electron chi connectivity index (χ1n) is 10.0. The predicted octanol–water partition coefficient (Wildman–Crippen LogP) is 5.32. The van der Waals surface area contributed by atoms with Crippen LogP contribution in [0.5, 0.6) is 0 Å². The van der Waals surface area contributed by atoms with Crippen LogP contribution in [0.15, 0.2) is 48.5 Å². The highest BCUT2D eigenvalue weighted by Gasteiger charge is 2.31. The lowest BCUT2D eigenvalue weighted by molar-refractivity contribution is -0.137. The summed E-state index contributed by atoms with van der Waals surface area (Å²) < 4.78 is 38.0. The summed E-state index contributed by atoms with van der Waals surface area (Å²) in [5, 5.41) is 2.95. The van der Waals surface area contributed by atoms with Crippen molar-refractivity contribution in [1.29, 1.82) is 0 Å². The number of anilines is 1. The Morgan fingerprint density at radius 3 is 2.23 bits per heavy atom. The third-order valence-corrected chi connectivity index (χ3v) is 5.43. The number of rotatable bonds is 4. The molecule has 7 heteroatoms. The van der Waals surface area contributed by atoms with E-state index in [2.05, 4.69) is 19.2 Å². The van der Waals surface area contributed by atoms with Gasteiger partial charge in [0.25, 0.3) is 5.91 Å². The molecule has 2 amide bonds. The first kappa shape index (κ1) is 21.9. The van der Waals surface area contributed by atoms with Crippen LogP contribution in [0.4, 0.5) is 18.9 Å². The monoisotopic (exact) mass is 418 g/mol. The molecule has 1 fully saturated rings. The summed E-state index contributed by atoms with van der Waals surface area (Å²) in [6.45, 7) is 4.96. The molecule has 0 bridgehead atoms. The molecule has 1 heterocycles. The molecule has 0 aromatic heterocycles. The first-order valence-corrected chi connectivity index (χ1v) is 10.0. The normalized spacial score (nSPS) is 15.3. The molecule has 0 atom stereocenters. The number of hydrogen-bond donors (Lipinski definition) is 1. The van der Waals surface area contributed by atoms with Crippen molar-refractivity contribution in [2.24, 2.45) is 5.92 Å². The molecule has 0 aliphatic carbocycles. The Hall–Kier alpha value is -2.83. The molecular weight excluding hydrogens is 393 g/mol. The number of likely N-dealkylation sites (tertiary alicyclic amines) is 1. The van der Waals surface area contributed by atoms with Crippen molar-refractivity contribution in [3.8, 4) is 0 Å². The summed E-state index contributed by atoms with van der Waals surface area (Å²) in [7, 11) is 0. The van der Waals surface area contributed by atoms with Crippen LogP contribution in [0.25, 0.3) is 0 Å². The summed E-state index contributed by atoms with van der Waals surface area (Å²) in [5.74, 6) is -0.226. The number of carbonyl (C=O) groups is 2. The Kier molecular flexibility index (Phi) is 6.48. The lowest BCUT2D eigenvalue weighted by atomic mass is 9.95. The van der Waals surface area contributed by atoms with Gasteiger partial charge < -0.3 is 10.2 Å². The number of carbonyl (C=O) groups excluding carboxylic acids is 2. The third kappa shape index (κ3) is 5.20. The van der Waals surface area contributed by atoms with E-state index in [4.69, 9.17) is 0 Å². The Bertz CT molecular complexity index is 899. The highest BCUT2D eigenvalue weighted by Crippen LogP contribution is 2.29. The number of amides is 2. The minimum Gasteiger partial charge on any atom is -0.339 e. The lowest BCUT2D eigenvalue weighted by Crippen LogP contribution is -2.41. The van der Waals surface area contributed by atoms with E-state index < -0.39 is 11.7 Å². The van der Waals surface area contributed by atoms with Gasteiger partial charge in [-0.05, 0) is 60.7 Å². The molecule has 1 aliphatic rings. The van der Waals surface area contributed by atoms with Crippen molar-refractivity contribution >= 4 is 17.5 Å². The van der Waals surface area contributed by atoms with E-state index >= 15 is 0 Å². The Labute approximate surface area is 174 Å². The lowest BCUT2D eigenvalue weighted by Gasteiger charge is -2.31. The van der Waals surface area contributed by atoms with Gasteiger partial charge in [0.2, 0.25) is 5.91 Å². The summed E-state index contributed by atoms with van der Waals surface area (Å²) in [6, 6.07) is 12.0. The van der Waals surface area contributed by atoms with Gasteiger partial charge in [0.05, 0.1) is 5.56 Å². The van der Waals surface area contributed by atoms with Gasteiger partial charge in [-0.15, -0.1) is 0 Å². The maximum absolute atomic E-state index is 12.7. The van der Waals surface area contributed by atoms with Crippen molar-refractivity contribution in [2.45, 2.75) is 38.8 Å². The number of hydrogen-bond acceptors (Lipinski definition) is 2. The molecule has 160 valence electrons. The molecule has 2 aromatic rings. The van der Waals surface area contributed by atoms with Gasteiger partial charge in [-0.3, -0.25) is 9.59 Å². The van der Waals surface area contributed by atoms with E-state index in [1.54, 1.807) is 4.90 Å². The number of benzene rings is 2. The van der Waals surface area contributed by atoms with E-state index in [1.165, 1.54) is 12.1 Å². The van der Waals surface area contributed by atoms with Crippen molar-refractivity contribution in [3.05, 3.63) is 65.2 Å². The van der Waals surface area contributed by atoms with Crippen LogP contribution < -0.4 is 5.32 Å². The number of halogens is 3. The standard InChI is InChI=1S/C23H25F3N2O2/c1-15(2)18-4-3-5-20(14-18)27-21(29)16-10-12-28(13-11-16)22(30)17-6-8-19(9-7-17)23(24,25)26/h3-9,14-16H,10-13H2,1-2H3,(H,27,29). The van der Waals surface area contributed by atoms with Crippen LogP contribution in [0.3, 0.4) is 0 Å². The molecule has 3 rings (SSSR count). The molecular formula is C23H25F3N2O2. The van der Waals surface area contributed by atoms with Gasteiger partial charge in [0.1, 0.15) is 0 Å². The molecule has 4 nitrogen and oxygen atoms in total. The van der Waals surface area contributed by atoms with Crippen molar-refractivity contribution in [2.75, 3.05) is 18.4 Å². The summed E-state index contributed by atoms with van der Waals surface area (Å²) in [5.41, 5.74) is 1.34. The van der Waals surface area contributed by atoms with Gasteiger partial charge in [-0.25, -0.2) is 0 Å². The minimum atomic E-state index is -4.43. The molecule has 0 radical (unpaired) electrons. The van der Waals surface area contributed by atoms with Gasteiger partial charge in [0, 0.05) is 30.3 Å². The zero-order valence-corrected chi connectivity index (χ0v) is 17.0. The minimum absolute atomic E-state index is 0.0717. The van der Waals surface area contributed by atoms with Crippen molar-refractivity contribution in [1.82, 2.24) is 4.90 Å². The average Bonchev–Trinajstić information content (AvgIpc) is 2.73. The SMILES string of the molecule is CC(C)c1cccc(NC(=O)C2CCN(C(=O)c3ccc(C(F)(F)F)cc3)CC2)c1. The smallest absolute Gasteiger partial charge is 0.339 e. The van der Waals surface area contributed by atoms with Crippen LogP contribution in [0.1, 0.15) is 54.1 Å². The molecule has 0 saturated carbocycles. The van der Waals surface area contributed by atoms with E-state index in [-0.39, 0.29) is 23.3 Å². The predicted molar refractivity (Wildman–Crippen MR) is 109 cm³/mol. The Balaban J connectivity index is 1.55. The largest absolute Gasteiger partial charge is 0.416 e. The fraction of sp³-hybridized carbons (Fsp3) is 0.391. The first-order chi connectivity index (χ1) is 14.1. The van der Waals surface area contributed by atoms with Crippen LogP contribution >= 0.6 is 0 Å². The van der Waals surface area contributed by atoms with Gasteiger partial charge in [0.15, 0.2) is 0 Å². The summed E-state index contributed by atoms with van der Waals surface area (Å²) >= 11 is 0. The van der Waals surface area contributed by atoms with Gasteiger partial charge >= 0.3 is 6.18 Å². The number of piperidine rings is 1. The van der Waals surface area contributed by atoms with Crippen molar-refractivity contribution in [3.63, 3.8) is 0 Å². The van der Waals surface area contributed by atoms with E-state index in [1.807, 2.05) is 24.3 Å². The third-order valence-electron chi connectivity index (χ3n) is 5.43. The topological polar surface area (TPSA) is 49.4 Å². The fourth-order valence-corrected chi connectivity index (χ4v) is 3.55. The maximum Gasteiger partial charge on any atom is 0.416 e. The van der Waals surface area contributed by atoms with Gasteiger partial charge in [-0.1, -0.05) is 26.0 Å². The van der Waals surface area contributed by atoms with Crippen LogP contribution in [0, 0.1) is 5.92 Å². The quantitative estimate of drug-likeness (QED) is 0.731. The molecule has 0 spiro atoms. The van der Waals surface area contributed by atoms with Crippen LogP contribution in [-0.2, 0) is 11.0 Å². The van der Waals surface area contributed by atoms with E-state index in [0.717, 1.165) is 23.4 Å². The van der Waals surface area contributed by atoms with Gasteiger partial charge in [-0.2, -0.15) is 13.2 Å². The molecule has 1 aliphatic heterocycles. The fourth-order valence-electron chi connectivity index (χ4n) is 3.55. The highest BCUT2D eigenvalue weighted by molar-refractivity contribution is 5.95. The number of nitrogens with zero attached hydrogens (tertiary/aromatic N) is 1. The second-order valence-electron chi connectivity index (χ2n) is 7.91. The van der Waals surface area contributed by atoms with E-state index in [9.17, 15) is 22.8 Å². The Morgan fingerprint density at radius 1 is 1.03 bits per heavy atom. The zero-order valence-electron chi connectivity index (χ0n) is 17.0. The summed E-state index contributed by atoms with van der Waals surface area (Å²) in [4.78, 5) is 26.8. The average molecular weight is 418 g/mol. The molecule has 2 aromatic carbocycles. The molecule has 1 saturated heterocycles. The molecule has 1 N–H and O–H groups in total. The number of nitrogens with one attached hydrogen (secondary N) is 1. The molecule has 30 heavy (non-hydrogen) atoms. The van der Waals surface area contributed by atoms with E-state index in [0.29, 0.717) is 31.8 Å². The van der Waals surface area contributed by atoms with Crippen LogP contribution in [0.2, 0.25) is 0 Å². The zero-order chi connectivity index (χ0) is 21.9.